The molecule has 12 heavy (non-hydrogen) atoms. The summed E-state index contributed by atoms with van der Waals surface area (Å²) >= 11 is 1.62. The molecule has 0 aliphatic heterocycles. The van der Waals surface area contributed by atoms with E-state index in [2.05, 4.69) is 15.3 Å². The maximum atomic E-state index is 8.60. The second kappa shape index (κ2) is 5.24. The van der Waals surface area contributed by atoms with Crippen LogP contribution in [-0.2, 0) is 6.54 Å². The molecule has 0 unspecified atom stereocenters. The largest absolute Gasteiger partial charge is 0.396 e. The van der Waals surface area contributed by atoms with Crippen LogP contribution in [0.15, 0.2) is 10.9 Å². The molecule has 0 radical (unpaired) electrons. The lowest BCUT2D eigenvalue weighted by atomic mass is 10.4. The van der Waals surface area contributed by atoms with Gasteiger partial charge in [0.05, 0.1) is 11.2 Å². The number of aliphatic hydroxyl groups is 1. The molecule has 0 saturated carbocycles. The first-order valence-electron chi connectivity index (χ1n) is 3.99. The average Bonchev–Trinajstić information content (AvgIpc) is 2.53. The highest BCUT2D eigenvalue weighted by Crippen LogP contribution is 2.03. The van der Waals surface area contributed by atoms with E-state index in [1.807, 2.05) is 12.6 Å². The van der Waals surface area contributed by atoms with Crippen LogP contribution in [0, 0.1) is 0 Å². The molecule has 0 fully saturated rings. The third-order valence-corrected chi connectivity index (χ3v) is 2.25. The third-order valence-electron chi connectivity index (χ3n) is 1.61. The van der Waals surface area contributed by atoms with Crippen molar-refractivity contribution in [3.8, 4) is 0 Å². The van der Waals surface area contributed by atoms with E-state index in [4.69, 9.17) is 5.11 Å². The number of nitrogens with zero attached hydrogens (tertiary/aromatic N) is 2. The Kier molecular flexibility index (Phi) is 4.21. The minimum Gasteiger partial charge on any atom is -0.396 e. The molecule has 0 aliphatic rings. The lowest BCUT2D eigenvalue weighted by Gasteiger charge is -2.13. The molecular formula is C8H14N2OS. The predicted molar refractivity (Wildman–Crippen MR) is 50.2 cm³/mol. The Bertz CT molecular complexity index is 201. The molecule has 1 rings (SSSR count). The van der Waals surface area contributed by atoms with Gasteiger partial charge in [-0.3, -0.25) is 0 Å². The van der Waals surface area contributed by atoms with Crippen LogP contribution in [0.2, 0.25) is 0 Å². The van der Waals surface area contributed by atoms with Crippen LogP contribution < -0.4 is 0 Å². The first-order chi connectivity index (χ1) is 5.83. The van der Waals surface area contributed by atoms with E-state index in [0.717, 1.165) is 25.2 Å². The van der Waals surface area contributed by atoms with Crippen LogP contribution in [0.5, 0.6) is 0 Å². The Morgan fingerprint density at radius 1 is 1.67 bits per heavy atom. The Morgan fingerprint density at radius 2 is 2.50 bits per heavy atom. The van der Waals surface area contributed by atoms with Gasteiger partial charge in [-0.2, -0.15) is 0 Å². The molecule has 1 heterocycles. The molecule has 0 amide bonds. The normalized spacial score (nSPS) is 10.9. The maximum Gasteiger partial charge on any atom is 0.0795 e. The van der Waals surface area contributed by atoms with E-state index in [1.54, 1.807) is 11.3 Å². The van der Waals surface area contributed by atoms with Crippen molar-refractivity contribution in [2.75, 3.05) is 20.2 Å². The highest BCUT2D eigenvalue weighted by Gasteiger charge is 2.00. The summed E-state index contributed by atoms with van der Waals surface area (Å²) < 4.78 is 0. The second-order valence-corrected chi connectivity index (χ2v) is 3.51. The van der Waals surface area contributed by atoms with E-state index in [1.165, 1.54) is 0 Å². The van der Waals surface area contributed by atoms with Gasteiger partial charge in [0.1, 0.15) is 0 Å². The fourth-order valence-corrected chi connectivity index (χ4v) is 1.56. The number of aliphatic hydroxyl groups excluding tert-OH is 1. The van der Waals surface area contributed by atoms with Crippen LogP contribution in [0.3, 0.4) is 0 Å². The summed E-state index contributed by atoms with van der Waals surface area (Å²) in [6.45, 7) is 2.07. The highest BCUT2D eigenvalue weighted by molar-refractivity contribution is 7.07. The van der Waals surface area contributed by atoms with E-state index in [-0.39, 0.29) is 6.61 Å². The highest BCUT2D eigenvalue weighted by atomic mass is 32.1. The summed E-state index contributed by atoms with van der Waals surface area (Å²) in [4.78, 5) is 6.34. The molecule has 0 aromatic carbocycles. The van der Waals surface area contributed by atoms with Crippen molar-refractivity contribution in [1.82, 2.24) is 9.88 Å². The van der Waals surface area contributed by atoms with E-state index >= 15 is 0 Å². The molecule has 1 aromatic heterocycles. The molecule has 0 aliphatic carbocycles. The van der Waals surface area contributed by atoms with Gasteiger partial charge in [0, 0.05) is 25.1 Å². The molecule has 0 atom stereocenters. The van der Waals surface area contributed by atoms with Gasteiger partial charge in [0.25, 0.3) is 0 Å². The van der Waals surface area contributed by atoms with E-state index in [0.29, 0.717) is 0 Å². The smallest absolute Gasteiger partial charge is 0.0795 e. The van der Waals surface area contributed by atoms with Gasteiger partial charge in [-0.1, -0.05) is 0 Å². The quantitative estimate of drug-likeness (QED) is 0.744. The van der Waals surface area contributed by atoms with Crippen molar-refractivity contribution in [3.63, 3.8) is 0 Å². The van der Waals surface area contributed by atoms with Crippen LogP contribution in [-0.4, -0.2) is 35.2 Å². The maximum absolute atomic E-state index is 8.60. The van der Waals surface area contributed by atoms with Gasteiger partial charge < -0.3 is 10.0 Å². The van der Waals surface area contributed by atoms with Crippen LogP contribution in [0.4, 0.5) is 0 Å². The van der Waals surface area contributed by atoms with Gasteiger partial charge in [-0.25, -0.2) is 4.98 Å². The SMILES string of the molecule is CN(CCCO)Cc1cscn1. The van der Waals surface area contributed by atoms with Crippen molar-refractivity contribution in [2.45, 2.75) is 13.0 Å². The molecule has 3 nitrogen and oxygen atoms in total. The Balaban J connectivity index is 2.22. The number of rotatable bonds is 5. The topological polar surface area (TPSA) is 36.4 Å². The van der Waals surface area contributed by atoms with Gasteiger partial charge in [-0.05, 0) is 13.5 Å². The van der Waals surface area contributed by atoms with Crippen molar-refractivity contribution in [2.24, 2.45) is 0 Å². The van der Waals surface area contributed by atoms with Gasteiger partial charge in [0.2, 0.25) is 0 Å². The number of hydrogen-bond acceptors (Lipinski definition) is 4. The Labute approximate surface area is 76.7 Å². The zero-order valence-corrected chi connectivity index (χ0v) is 8.05. The third kappa shape index (κ3) is 3.30. The monoisotopic (exact) mass is 186 g/mol. The molecule has 68 valence electrons. The molecule has 1 aromatic rings. The van der Waals surface area contributed by atoms with Gasteiger partial charge >= 0.3 is 0 Å². The van der Waals surface area contributed by atoms with Crippen molar-refractivity contribution in [1.29, 1.82) is 0 Å². The average molecular weight is 186 g/mol. The molecule has 0 spiro atoms. The fraction of sp³-hybridized carbons (Fsp3) is 0.625. The molecular weight excluding hydrogens is 172 g/mol. The predicted octanol–water partition coefficient (Wildman–Crippen LogP) is 0.957. The summed E-state index contributed by atoms with van der Waals surface area (Å²) in [5, 5.41) is 10.7. The molecule has 0 saturated heterocycles. The first kappa shape index (κ1) is 9.64. The van der Waals surface area contributed by atoms with E-state index < -0.39 is 0 Å². The zero-order chi connectivity index (χ0) is 8.81. The lowest BCUT2D eigenvalue weighted by molar-refractivity contribution is 0.243. The molecule has 4 heteroatoms. The minimum atomic E-state index is 0.265. The minimum absolute atomic E-state index is 0.265. The Morgan fingerprint density at radius 3 is 3.08 bits per heavy atom. The molecule has 0 bridgehead atoms. The summed E-state index contributed by atoms with van der Waals surface area (Å²) in [5.41, 5.74) is 2.95. The summed E-state index contributed by atoms with van der Waals surface area (Å²) in [6.07, 6.45) is 0.834. The second-order valence-electron chi connectivity index (χ2n) is 2.79. The standard InChI is InChI=1S/C8H14N2OS/c1-10(3-2-4-11)5-8-6-12-7-9-8/h6-7,11H,2-5H2,1H3. The summed E-state index contributed by atoms with van der Waals surface area (Å²) in [5.74, 6) is 0. The number of aromatic nitrogens is 1. The van der Waals surface area contributed by atoms with Gasteiger partial charge in [-0.15, -0.1) is 11.3 Å². The first-order valence-corrected chi connectivity index (χ1v) is 4.93. The van der Waals surface area contributed by atoms with Crippen LogP contribution >= 0.6 is 11.3 Å². The molecule has 1 N–H and O–H groups in total. The van der Waals surface area contributed by atoms with Crippen LogP contribution in [0.1, 0.15) is 12.1 Å². The number of thiazole rings is 1. The zero-order valence-electron chi connectivity index (χ0n) is 7.23. The van der Waals surface area contributed by atoms with Gasteiger partial charge in [0.15, 0.2) is 0 Å². The van der Waals surface area contributed by atoms with E-state index in [9.17, 15) is 0 Å². The summed E-state index contributed by atoms with van der Waals surface area (Å²) in [7, 11) is 2.04. The van der Waals surface area contributed by atoms with Crippen molar-refractivity contribution in [3.05, 3.63) is 16.6 Å². The van der Waals surface area contributed by atoms with Crippen molar-refractivity contribution < 1.29 is 5.11 Å². The number of hydrogen-bond donors (Lipinski definition) is 1. The summed E-state index contributed by atoms with van der Waals surface area (Å²) in [6, 6.07) is 0. The Hall–Kier alpha value is -0.450. The van der Waals surface area contributed by atoms with Crippen molar-refractivity contribution >= 4 is 11.3 Å². The lowest BCUT2D eigenvalue weighted by Crippen LogP contribution is -2.19. The van der Waals surface area contributed by atoms with Crippen LogP contribution in [0.25, 0.3) is 0 Å². The fourth-order valence-electron chi connectivity index (χ4n) is 1.01.